The number of methoxy groups -OCH3 is 1. The van der Waals surface area contributed by atoms with Crippen molar-refractivity contribution in [3.8, 4) is 0 Å². The Labute approximate surface area is 171 Å². The maximum atomic E-state index is 12.8. The van der Waals surface area contributed by atoms with E-state index in [4.69, 9.17) is 0 Å². The highest BCUT2D eigenvalue weighted by atomic mass is 32.2. The van der Waals surface area contributed by atoms with E-state index in [0.717, 1.165) is 5.56 Å². The Balaban J connectivity index is 2.17. The van der Waals surface area contributed by atoms with Crippen LogP contribution < -0.4 is 10.0 Å². The quantitative estimate of drug-likeness (QED) is 0.642. The average molecular weight is 419 g/mol. The first-order chi connectivity index (χ1) is 13.6. The van der Waals surface area contributed by atoms with Gasteiger partial charge in [0.05, 0.1) is 17.6 Å². The summed E-state index contributed by atoms with van der Waals surface area (Å²) in [6.07, 6.45) is 0.331. The highest BCUT2D eigenvalue weighted by Gasteiger charge is 2.26. The summed E-state index contributed by atoms with van der Waals surface area (Å²) in [7, 11) is -2.57. The number of ether oxygens (including phenoxy) is 1. The number of carbonyl (C=O) groups excluding carboxylic acids is 2. The van der Waals surface area contributed by atoms with Crippen LogP contribution in [0.1, 0.15) is 36.2 Å². The predicted octanol–water partition coefficient (Wildman–Crippen LogP) is 3.11. The van der Waals surface area contributed by atoms with Crippen LogP contribution in [0, 0.1) is 12.8 Å². The van der Waals surface area contributed by atoms with Crippen molar-refractivity contribution in [1.29, 1.82) is 0 Å². The number of hydrogen-bond acceptors (Lipinski definition) is 5. The van der Waals surface area contributed by atoms with Gasteiger partial charge < -0.3 is 10.1 Å². The topological polar surface area (TPSA) is 102 Å². The summed E-state index contributed by atoms with van der Waals surface area (Å²) in [5.41, 5.74) is 1.74. The number of amides is 1. The number of sulfonamides is 1. The van der Waals surface area contributed by atoms with Crippen LogP contribution in [-0.4, -0.2) is 33.4 Å². The highest BCUT2D eigenvalue weighted by molar-refractivity contribution is 7.89. The van der Waals surface area contributed by atoms with Crippen molar-refractivity contribution in [3.63, 3.8) is 0 Å². The summed E-state index contributed by atoms with van der Waals surface area (Å²) in [6.45, 7) is 5.68. The van der Waals surface area contributed by atoms with Gasteiger partial charge in [0.2, 0.25) is 15.9 Å². The normalized spacial score (nSPS) is 12.4. The molecule has 8 heteroatoms. The molecular weight excluding hydrogens is 392 g/mol. The minimum absolute atomic E-state index is 0.0909. The van der Waals surface area contributed by atoms with Gasteiger partial charge >= 0.3 is 5.97 Å². The van der Waals surface area contributed by atoms with E-state index in [1.807, 2.05) is 20.8 Å². The Hall–Kier alpha value is -2.71. The van der Waals surface area contributed by atoms with E-state index in [1.165, 1.54) is 31.4 Å². The van der Waals surface area contributed by atoms with Gasteiger partial charge in [0.15, 0.2) is 0 Å². The Kier molecular flexibility index (Phi) is 7.53. The maximum absolute atomic E-state index is 12.8. The van der Waals surface area contributed by atoms with Crippen molar-refractivity contribution in [2.45, 2.75) is 38.1 Å². The molecule has 2 aromatic carbocycles. The molecule has 0 aliphatic heterocycles. The number of carbonyl (C=O) groups is 2. The van der Waals surface area contributed by atoms with E-state index in [1.54, 1.807) is 24.3 Å². The molecule has 1 amide bonds. The molecule has 2 aromatic rings. The summed E-state index contributed by atoms with van der Waals surface area (Å²) in [4.78, 5) is 24.4. The second-order valence-electron chi connectivity index (χ2n) is 7.17. The minimum Gasteiger partial charge on any atom is -0.465 e. The highest BCUT2D eigenvalue weighted by Crippen LogP contribution is 2.16. The van der Waals surface area contributed by atoms with Gasteiger partial charge in [0.1, 0.15) is 6.04 Å². The van der Waals surface area contributed by atoms with Gasteiger partial charge in [0, 0.05) is 5.69 Å². The first kappa shape index (κ1) is 22.6. The Morgan fingerprint density at radius 1 is 1.00 bits per heavy atom. The lowest BCUT2D eigenvalue weighted by Crippen LogP contribution is -2.44. The van der Waals surface area contributed by atoms with Crippen LogP contribution >= 0.6 is 0 Å². The zero-order valence-electron chi connectivity index (χ0n) is 16.9. The standard InChI is InChI=1S/C21H26N2O5S/c1-14(2)13-19(23-29(26,27)18-11-5-15(3)6-12-18)20(24)22-17-9-7-16(8-10-17)21(25)28-4/h5-12,14,19,23H,13H2,1-4H3,(H,22,24)/t19-/m0/s1. The lowest BCUT2D eigenvalue weighted by molar-refractivity contribution is -0.118. The SMILES string of the molecule is COC(=O)c1ccc(NC(=O)[C@H](CC(C)C)NS(=O)(=O)c2ccc(C)cc2)cc1. The molecule has 2 N–H and O–H groups in total. The molecule has 0 bridgehead atoms. The number of rotatable bonds is 8. The van der Waals surface area contributed by atoms with Gasteiger partial charge in [-0.2, -0.15) is 4.72 Å². The number of hydrogen-bond donors (Lipinski definition) is 2. The molecule has 0 aromatic heterocycles. The van der Waals surface area contributed by atoms with Crippen molar-refractivity contribution < 1.29 is 22.7 Å². The number of esters is 1. The van der Waals surface area contributed by atoms with E-state index in [0.29, 0.717) is 17.7 Å². The van der Waals surface area contributed by atoms with Gasteiger partial charge in [-0.1, -0.05) is 31.5 Å². The fourth-order valence-electron chi connectivity index (χ4n) is 2.69. The maximum Gasteiger partial charge on any atom is 0.337 e. The first-order valence-electron chi connectivity index (χ1n) is 9.20. The molecule has 7 nitrogen and oxygen atoms in total. The zero-order chi connectivity index (χ0) is 21.6. The second-order valence-corrected chi connectivity index (χ2v) is 8.89. The number of nitrogens with one attached hydrogen (secondary N) is 2. The fourth-order valence-corrected chi connectivity index (χ4v) is 3.90. The summed E-state index contributed by atoms with van der Waals surface area (Å²) >= 11 is 0. The molecule has 0 heterocycles. The molecule has 0 aliphatic rings. The molecule has 1 atom stereocenters. The molecule has 29 heavy (non-hydrogen) atoms. The molecule has 2 rings (SSSR count). The van der Waals surface area contributed by atoms with Crippen LogP contribution in [0.25, 0.3) is 0 Å². The smallest absolute Gasteiger partial charge is 0.337 e. The molecule has 0 fully saturated rings. The van der Waals surface area contributed by atoms with Crippen molar-refractivity contribution in [2.75, 3.05) is 12.4 Å². The summed E-state index contributed by atoms with van der Waals surface area (Å²) in [6, 6.07) is 11.6. The molecule has 0 radical (unpaired) electrons. The fraction of sp³-hybridized carbons (Fsp3) is 0.333. The average Bonchev–Trinajstić information content (AvgIpc) is 2.67. The largest absolute Gasteiger partial charge is 0.465 e. The minimum atomic E-state index is -3.85. The van der Waals surface area contributed by atoms with E-state index < -0.39 is 27.9 Å². The van der Waals surface area contributed by atoms with E-state index in [9.17, 15) is 18.0 Å². The monoisotopic (exact) mass is 418 g/mol. The third-order valence-electron chi connectivity index (χ3n) is 4.23. The zero-order valence-corrected chi connectivity index (χ0v) is 17.7. The number of benzene rings is 2. The third-order valence-corrected chi connectivity index (χ3v) is 5.71. The van der Waals surface area contributed by atoms with Crippen LogP contribution in [0.2, 0.25) is 0 Å². The molecule has 156 valence electrons. The van der Waals surface area contributed by atoms with Crippen molar-refractivity contribution in [3.05, 3.63) is 59.7 Å². The first-order valence-corrected chi connectivity index (χ1v) is 10.7. The molecule has 0 unspecified atom stereocenters. The van der Waals surface area contributed by atoms with E-state index in [2.05, 4.69) is 14.8 Å². The van der Waals surface area contributed by atoms with Crippen LogP contribution in [0.15, 0.2) is 53.4 Å². The molecule has 0 aliphatic carbocycles. The number of anilines is 1. The lowest BCUT2D eigenvalue weighted by atomic mass is 10.0. The van der Waals surface area contributed by atoms with E-state index in [-0.39, 0.29) is 10.8 Å². The Morgan fingerprint density at radius 2 is 1.59 bits per heavy atom. The molecule has 0 spiro atoms. The van der Waals surface area contributed by atoms with Crippen molar-refractivity contribution in [1.82, 2.24) is 4.72 Å². The van der Waals surface area contributed by atoms with Crippen LogP contribution in [0.5, 0.6) is 0 Å². The van der Waals surface area contributed by atoms with Crippen LogP contribution in [0.4, 0.5) is 5.69 Å². The summed E-state index contributed by atoms with van der Waals surface area (Å²) in [5, 5.41) is 2.70. The van der Waals surface area contributed by atoms with Gasteiger partial charge in [-0.25, -0.2) is 13.2 Å². The lowest BCUT2D eigenvalue weighted by Gasteiger charge is -2.20. The van der Waals surface area contributed by atoms with Crippen molar-refractivity contribution in [2.24, 2.45) is 5.92 Å². The van der Waals surface area contributed by atoms with Gasteiger partial charge in [-0.15, -0.1) is 0 Å². The molecule has 0 saturated heterocycles. The predicted molar refractivity (Wildman–Crippen MR) is 111 cm³/mol. The summed E-state index contributed by atoms with van der Waals surface area (Å²) in [5.74, 6) is -0.861. The summed E-state index contributed by atoms with van der Waals surface area (Å²) < 4.78 is 32.6. The number of aryl methyl sites for hydroxylation is 1. The third kappa shape index (κ3) is 6.40. The van der Waals surface area contributed by atoms with Gasteiger partial charge in [-0.05, 0) is 55.7 Å². The van der Waals surface area contributed by atoms with E-state index >= 15 is 0 Å². The van der Waals surface area contributed by atoms with Crippen LogP contribution in [-0.2, 0) is 19.6 Å². The van der Waals surface area contributed by atoms with Crippen molar-refractivity contribution >= 4 is 27.6 Å². The van der Waals surface area contributed by atoms with Gasteiger partial charge in [0.25, 0.3) is 0 Å². The van der Waals surface area contributed by atoms with Gasteiger partial charge in [-0.3, -0.25) is 4.79 Å². The second kappa shape index (κ2) is 9.67. The molecule has 0 saturated carbocycles. The Morgan fingerprint density at radius 3 is 2.10 bits per heavy atom. The van der Waals surface area contributed by atoms with Crippen LogP contribution in [0.3, 0.4) is 0 Å². The Bertz CT molecular complexity index is 952. The molecular formula is C21H26N2O5S.